The molecule has 0 saturated carbocycles. The predicted molar refractivity (Wildman–Crippen MR) is 109 cm³/mol. The highest BCUT2D eigenvalue weighted by Crippen LogP contribution is 2.14. The van der Waals surface area contributed by atoms with Gasteiger partial charge in [0.1, 0.15) is 13.1 Å². The van der Waals surface area contributed by atoms with Crippen LogP contribution in [0, 0.1) is 0 Å². The number of unbranched alkanes of at least 4 members (excludes halogenated alkanes) is 1. The average Bonchev–Trinajstić information content (AvgIpc) is 2.78. The molecular weight excluding hydrogens is 344 g/mol. The van der Waals surface area contributed by atoms with Gasteiger partial charge in [-0.3, -0.25) is 9.97 Å². The van der Waals surface area contributed by atoms with Crippen LogP contribution in [0.25, 0.3) is 22.5 Å². The number of pyridine rings is 4. The quantitative estimate of drug-likeness (QED) is 0.367. The van der Waals surface area contributed by atoms with Gasteiger partial charge in [0.2, 0.25) is 0 Å². The molecule has 0 amide bonds. The van der Waals surface area contributed by atoms with Crippen LogP contribution in [0.3, 0.4) is 0 Å². The fourth-order valence-corrected chi connectivity index (χ4v) is 3.28. The monoisotopic (exact) mass is 368 g/mol. The van der Waals surface area contributed by atoms with Crippen LogP contribution in [-0.2, 0) is 13.1 Å². The van der Waals surface area contributed by atoms with E-state index in [1.807, 2.05) is 48.8 Å². The Bertz CT molecular complexity index is 932. The lowest BCUT2D eigenvalue weighted by Crippen LogP contribution is -2.35. The third-order valence-corrected chi connectivity index (χ3v) is 4.72. The minimum absolute atomic E-state index is 1.00. The van der Waals surface area contributed by atoms with Crippen molar-refractivity contribution in [2.75, 3.05) is 0 Å². The number of rotatable bonds is 7. The summed E-state index contributed by atoms with van der Waals surface area (Å²) >= 11 is 0. The largest absolute Gasteiger partial charge is 0.256 e. The first-order chi connectivity index (χ1) is 13.9. The molecule has 0 unspecified atom stereocenters. The summed E-state index contributed by atoms with van der Waals surface area (Å²) in [6, 6.07) is 20.4. The molecule has 28 heavy (non-hydrogen) atoms. The number of hydrogen-bond acceptors (Lipinski definition) is 2. The highest BCUT2D eigenvalue weighted by atomic mass is 14.9. The molecule has 4 aromatic heterocycles. The number of aromatic nitrogens is 4. The van der Waals surface area contributed by atoms with Crippen molar-refractivity contribution in [3.63, 3.8) is 0 Å². The molecule has 0 bridgehead atoms. The highest BCUT2D eigenvalue weighted by molar-refractivity contribution is 5.56. The zero-order chi connectivity index (χ0) is 19.0. The van der Waals surface area contributed by atoms with Crippen molar-refractivity contribution in [3.8, 4) is 22.5 Å². The third kappa shape index (κ3) is 4.65. The van der Waals surface area contributed by atoms with Gasteiger partial charge >= 0.3 is 0 Å². The van der Waals surface area contributed by atoms with Crippen LogP contribution >= 0.6 is 0 Å². The van der Waals surface area contributed by atoms with Crippen LogP contribution in [0.15, 0.2) is 97.8 Å². The second kappa shape index (κ2) is 9.00. The molecule has 138 valence electrons. The predicted octanol–water partition coefficient (Wildman–Crippen LogP) is 3.87. The van der Waals surface area contributed by atoms with Gasteiger partial charge in [0.15, 0.2) is 24.8 Å². The minimum Gasteiger partial charge on any atom is -0.256 e. The Morgan fingerprint density at radius 3 is 1.50 bits per heavy atom. The van der Waals surface area contributed by atoms with Gasteiger partial charge in [-0.05, 0) is 36.4 Å². The first-order valence-electron chi connectivity index (χ1n) is 9.69. The summed E-state index contributed by atoms with van der Waals surface area (Å²) in [5, 5.41) is 0. The lowest BCUT2D eigenvalue weighted by atomic mass is 10.2. The van der Waals surface area contributed by atoms with Crippen molar-refractivity contribution in [1.29, 1.82) is 0 Å². The maximum Gasteiger partial charge on any atom is 0.178 e. The van der Waals surface area contributed by atoms with Crippen molar-refractivity contribution in [1.82, 2.24) is 9.97 Å². The normalized spacial score (nSPS) is 10.7. The van der Waals surface area contributed by atoms with Gasteiger partial charge in [-0.2, -0.15) is 0 Å². The van der Waals surface area contributed by atoms with E-state index in [0.29, 0.717) is 0 Å². The zero-order valence-corrected chi connectivity index (χ0v) is 15.9. The maximum absolute atomic E-state index is 4.44. The van der Waals surface area contributed by atoms with Gasteiger partial charge in [0, 0.05) is 37.4 Å². The third-order valence-electron chi connectivity index (χ3n) is 4.72. The van der Waals surface area contributed by atoms with E-state index in [2.05, 4.69) is 68.2 Å². The first-order valence-corrected chi connectivity index (χ1v) is 9.69. The van der Waals surface area contributed by atoms with Gasteiger partial charge in [-0.25, -0.2) is 9.13 Å². The summed E-state index contributed by atoms with van der Waals surface area (Å²) in [6.45, 7) is 2.00. The molecule has 0 N–H and O–H groups in total. The van der Waals surface area contributed by atoms with Crippen molar-refractivity contribution in [2.24, 2.45) is 0 Å². The Labute approximate surface area is 165 Å². The summed E-state index contributed by atoms with van der Waals surface area (Å²) in [4.78, 5) is 8.88. The van der Waals surface area contributed by atoms with E-state index >= 15 is 0 Å². The maximum atomic E-state index is 4.44. The molecule has 4 rings (SSSR count). The minimum atomic E-state index is 1.00. The molecule has 4 heterocycles. The molecule has 4 nitrogen and oxygen atoms in total. The Kier molecular flexibility index (Phi) is 5.78. The molecule has 4 aromatic rings. The van der Waals surface area contributed by atoms with E-state index in [1.165, 1.54) is 0 Å². The molecule has 0 aliphatic carbocycles. The van der Waals surface area contributed by atoms with E-state index in [-0.39, 0.29) is 0 Å². The Morgan fingerprint density at radius 1 is 0.571 bits per heavy atom. The topological polar surface area (TPSA) is 33.5 Å². The van der Waals surface area contributed by atoms with Crippen LogP contribution < -0.4 is 9.13 Å². The molecule has 4 heteroatoms. The lowest BCUT2D eigenvalue weighted by Gasteiger charge is -2.02. The fourth-order valence-electron chi connectivity index (χ4n) is 3.28. The molecule has 0 aromatic carbocycles. The smallest absolute Gasteiger partial charge is 0.178 e. The summed E-state index contributed by atoms with van der Waals surface area (Å²) in [5.74, 6) is 0. The number of aryl methyl sites for hydroxylation is 2. The van der Waals surface area contributed by atoms with Gasteiger partial charge in [0.05, 0.1) is 22.5 Å². The summed E-state index contributed by atoms with van der Waals surface area (Å²) < 4.78 is 4.50. The van der Waals surface area contributed by atoms with E-state index in [4.69, 9.17) is 0 Å². The Balaban J connectivity index is 1.33. The van der Waals surface area contributed by atoms with Crippen LogP contribution in [0.4, 0.5) is 0 Å². The van der Waals surface area contributed by atoms with E-state index in [1.54, 1.807) is 0 Å². The molecule has 0 atom stereocenters. The van der Waals surface area contributed by atoms with Crippen molar-refractivity contribution in [3.05, 3.63) is 97.8 Å². The molecular formula is C24H24N4+2. The SMILES string of the molecule is c1ccc(-c2ccc[n+](CCCC[n+]3cccc(-c4ccccn4)c3)c2)nc1. The van der Waals surface area contributed by atoms with Gasteiger partial charge in [-0.15, -0.1) is 0 Å². The molecule has 0 saturated heterocycles. The molecule has 0 spiro atoms. The standard InChI is InChI=1S/C24H24N4/c1-3-13-25-23(11-1)21-9-7-17-27(19-21)15-5-6-16-28-18-8-10-22(20-28)24-12-2-4-14-26-24/h1-4,7-14,17-20H,5-6,15-16H2/q+2. The van der Waals surface area contributed by atoms with E-state index in [0.717, 1.165) is 48.4 Å². The Morgan fingerprint density at radius 2 is 1.07 bits per heavy atom. The molecule has 0 fully saturated rings. The van der Waals surface area contributed by atoms with Gasteiger partial charge in [-0.1, -0.05) is 12.1 Å². The summed E-state index contributed by atoms with van der Waals surface area (Å²) in [7, 11) is 0. The van der Waals surface area contributed by atoms with Gasteiger partial charge in [0.25, 0.3) is 0 Å². The fraction of sp³-hybridized carbons (Fsp3) is 0.167. The van der Waals surface area contributed by atoms with Crippen molar-refractivity contribution >= 4 is 0 Å². The van der Waals surface area contributed by atoms with E-state index in [9.17, 15) is 0 Å². The Hall–Kier alpha value is -3.40. The lowest BCUT2D eigenvalue weighted by molar-refractivity contribution is -0.707. The highest BCUT2D eigenvalue weighted by Gasteiger charge is 2.08. The molecule has 0 radical (unpaired) electrons. The average molecular weight is 368 g/mol. The van der Waals surface area contributed by atoms with Crippen molar-refractivity contribution in [2.45, 2.75) is 25.9 Å². The first kappa shape index (κ1) is 18.0. The number of nitrogens with zero attached hydrogens (tertiary/aromatic N) is 4. The van der Waals surface area contributed by atoms with Gasteiger partial charge < -0.3 is 0 Å². The van der Waals surface area contributed by atoms with Crippen LogP contribution in [-0.4, -0.2) is 9.97 Å². The second-order valence-corrected chi connectivity index (χ2v) is 6.80. The number of hydrogen-bond donors (Lipinski definition) is 0. The van der Waals surface area contributed by atoms with Crippen molar-refractivity contribution < 1.29 is 9.13 Å². The summed E-state index contributed by atoms with van der Waals surface area (Å²) in [5.41, 5.74) is 4.33. The van der Waals surface area contributed by atoms with Crippen LogP contribution in [0.1, 0.15) is 12.8 Å². The molecule has 0 aliphatic rings. The zero-order valence-electron chi connectivity index (χ0n) is 15.9. The van der Waals surface area contributed by atoms with Crippen LogP contribution in [0.2, 0.25) is 0 Å². The summed E-state index contributed by atoms with van der Waals surface area (Å²) in [6.07, 6.45) is 14.5. The van der Waals surface area contributed by atoms with Crippen LogP contribution in [0.5, 0.6) is 0 Å². The second-order valence-electron chi connectivity index (χ2n) is 6.80. The van der Waals surface area contributed by atoms with E-state index < -0.39 is 0 Å². The molecule has 0 aliphatic heterocycles.